The van der Waals surface area contributed by atoms with Crippen molar-refractivity contribution in [1.82, 2.24) is 14.8 Å². The SMILES string of the molecule is COc1cc2c3cc1Oc1c(OC)c(CO)cc4c1[C@@H](Cc1ccc(OCCCCC(=O)c5cncs5)c(c1)Oc1ccc(cc1)CC3N(C)CC2)N(C)CC4. The number of carbonyl (C=O) groups is 1. The Balaban J connectivity index is 1.19. The number of hydrogen-bond acceptors (Lipinski definition) is 11. The maximum absolute atomic E-state index is 12.5. The van der Waals surface area contributed by atoms with Crippen molar-refractivity contribution in [3.63, 3.8) is 0 Å². The van der Waals surface area contributed by atoms with E-state index in [1.165, 1.54) is 28.0 Å². The number of carbonyl (C=O) groups excluding carboxylic acids is 1. The second-order valence-corrected chi connectivity index (χ2v) is 15.8. The molecule has 9 rings (SSSR count). The van der Waals surface area contributed by atoms with Gasteiger partial charge in [-0.3, -0.25) is 19.6 Å². The van der Waals surface area contributed by atoms with Gasteiger partial charge in [0, 0.05) is 48.9 Å². The number of Topliss-reactive ketones (excluding diaryl/α,β-unsaturated/α-hetero) is 1. The molecule has 4 aromatic carbocycles. The first-order chi connectivity index (χ1) is 27.3. The number of benzene rings is 4. The van der Waals surface area contributed by atoms with Gasteiger partial charge in [0.1, 0.15) is 5.75 Å². The Bertz CT molecular complexity index is 2190. The van der Waals surface area contributed by atoms with E-state index in [1.54, 1.807) is 25.9 Å². The lowest BCUT2D eigenvalue weighted by atomic mass is 9.86. The van der Waals surface area contributed by atoms with E-state index in [1.807, 2.05) is 18.2 Å². The number of ether oxygens (including phenoxy) is 5. The van der Waals surface area contributed by atoms with E-state index in [0.717, 1.165) is 67.6 Å². The number of aromatic nitrogens is 1. The van der Waals surface area contributed by atoms with Gasteiger partial charge in [-0.2, -0.15) is 0 Å². The van der Waals surface area contributed by atoms with E-state index in [2.05, 4.69) is 71.3 Å². The maximum Gasteiger partial charge on any atom is 0.174 e. The third kappa shape index (κ3) is 7.73. The molecule has 5 heterocycles. The smallest absolute Gasteiger partial charge is 0.174 e. The molecule has 0 radical (unpaired) electrons. The molecule has 2 atom stereocenters. The van der Waals surface area contributed by atoms with Gasteiger partial charge in [0.15, 0.2) is 40.3 Å². The van der Waals surface area contributed by atoms with Gasteiger partial charge in [-0.05, 0) is 123 Å². The summed E-state index contributed by atoms with van der Waals surface area (Å²) in [6, 6.07) is 20.9. The molecule has 0 fully saturated rings. The van der Waals surface area contributed by atoms with Gasteiger partial charge in [-0.25, -0.2) is 0 Å². The lowest BCUT2D eigenvalue weighted by molar-refractivity contribution is 0.0981. The first-order valence-corrected chi connectivity index (χ1v) is 20.3. The van der Waals surface area contributed by atoms with Gasteiger partial charge < -0.3 is 28.8 Å². The molecule has 1 unspecified atom stereocenters. The zero-order valence-corrected chi connectivity index (χ0v) is 33.3. The van der Waals surface area contributed by atoms with E-state index in [-0.39, 0.29) is 24.5 Å². The Morgan fingerprint density at radius 1 is 0.857 bits per heavy atom. The Labute approximate surface area is 332 Å². The number of unbranched alkanes of at least 4 members (excludes halogenated alkanes) is 1. The first-order valence-electron chi connectivity index (χ1n) is 19.4. The highest BCUT2D eigenvalue weighted by atomic mass is 32.1. The average molecular weight is 776 g/mol. The average Bonchev–Trinajstić information content (AvgIpc) is 3.76. The molecule has 10 nitrogen and oxygen atoms in total. The number of fused-ring (bicyclic) bond motifs is 2. The number of methoxy groups -OCH3 is 2. The zero-order valence-electron chi connectivity index (χ0n) is 32.5. The summed E-state index contributed by atoms with van der Waals surface area (Å²) in [4.78, 5) is 22.0. The van der Waals surface area contributed by atoms with Crippen LogP contribution in [0.15, 0.2) is 72.4 Å². The molecular weight excluding hydrogens is 727 g/mol. The van der Waals surface area contributed by atoms with Gasteiger partial charge >= 0.3 is 0 Å². The van der Waals surface area contributed by atoms with Crippen molar-refractivity contribution in [2.24, 2.45) is 0 Å². The van der Waals surface area contributed by atoms with E-state index in [4.69, 9.17) is 23.7 Å². The first kappa shape index (κ1) is 38.0. The standard InChI is InChI=1S/C45H49N3O7S/c1-47-16-14-30-23-39(51-3)41-24-34(30)35(47)19-28-8-11-33(12-9-28)54-40-21-29(10-13-38(40)53-18-6-5-7-37(50)42-25-46-27-56-42)20-36-43-31(15-17-48(36)2)22-32(26-49)44(52-4)45(43)55-41/h8-13,21-25,27,35-36,49H,5-7,14-20,26H2,1-4H3/t35?,36-/m1/s1. The molecule has 0 amide bonds. The summed E-state index contributed by atoms with van der Waals surface area (Å²) in [5.74, 6) is 4.55. The molecule has 292 valence electrons. The van der Waals surface area contributed by atoms with Gasteiger partial charge in [0.05, 0.1) is 37.8 Å². The minimum atomic E-state index is -0.176. The highest BCUT2D eigenvalue weighted by molar-refractivity contribution is 7.11. The summed E-state index contributed by atoms with van der Waals surface area (Å²) in [5, 5.41) is 10.6. The van der Waals surface area contributed by atoms with Crippen molar-refractivity contribution in [2.45, 2.75) is 63.6 Å². The minimum Gasteiger partial charge on any atom is -0.493 e. The molecule has 0 saturated carbocycles. The van der Waals surface area contributed by atoms with Crippen LogP contribution in [-0.4, -0.2) is 73.7 Å². The minimum absolute atomic E-state index is 0.0771. The monoisotopic (exact) mass is 775 g/mol. The number of aliphatic hydroxyl groups excluding tert-OH is 1. The van der Waals surface area contributed by atoms with Gasteiger partial charge in [0.25, 0.3) is 0 Å². The topological polar surface area (TPSA) is 103 Å². The van der Waals surface area contributed by atoms with Crippen molar-refractivity contribution in [1.29, 1.82) is 0 Å². The lowest BCUT2D eigenvalue weighted by Crippen LogP contribution is -2.34. The summed E-state index contributed by atoms with van der Waals surface area (Å²) in [6.45, 7) is 2.05. The summed E-state index contributed by atoms with van der Waals surface area (Å²) >= 11 is 1.38. The van der Waals surface area contributed by atoms with E-state index in [9.17, 15) is 9.90 Å². The molecule has 0 spiro atoms. The largest absolute Gasteiger partial charge is 0.493 e. The summed E-state index contributed by atoms with van der Waals surface area (Å²) in [7, 11) is 7.65. The van der Waals surface area contributed by atoms with Crippen LogP contribution < -0.4 is 23.7 Å². The fourth-order valence-electron chi connectivity index (χ4n) is 8.35. The fourth-order valence-corrected chi connectivity index (χ4v) is 8.95. The molecule has 4 aliphatic rings. The number of rotatable bonds is 10. The molecule has 5 aromatic rings. The van der Waals surface area contributed by atoms with Crippen molar-refractivity contribution in [3.8, 4) is 40.2 Å². The normalized spacial score (nSPS) is 17.9. The Hall–Kier alpha value is -4.94. The molecule has 1 N–H and O–H groups in total. The Morgan fingerprint density at radius 2 is 1.61 bits per heavy atom. The summed E-state index contributed by atoms with van der Waals surface area (Å²) in [6.07, 6.45) is 6.72. The molecular formula is C45H49N3O7S. The number of thiazole rings is 1. The van der Waals surface area contributed by atoms with E-state index in [0.29, 0.717) is 64.4 Å². The van der Waals surface area contributed by atoms with Crippen LogP contribution in [-0.2, 0) is 32.3 Å². The van der Waals surface area contributed by atoms with Gasteiger partial charge in [-0.15, -0.1) is 11.3 Å². The molecule has 11 heteroatoms. The highest BCUT2D eigenvalue weighted by Crippen LogP contribution is 2.50. The number of aliphatic hydroxyl groups is 1. The summed E-state index contributed by atoms with van der Waals surface area (Å²) in [5.41, 5.74) is 9.26. The number of hydrogen-bond donors (Lipinski definition) is 1. The molecule has 4 aliphatic heterocycles. The van der Waals surface area contributed by atoms with Crippen molar-refractivity contribution >= 4 is 17.1 Å². The molecule has 1 aromatic heterocycles. The number of ketones is 1. The zero-order chi connectivity index (χ0) is 38.8. The third-order valence-corrected chi connectivity index (χ3v) is 12.3. The molecule has 0 aliphatic carbocycles. The van der Waals surface area contributed by atoms with E-state index >= 15 is 0 Å². The van der Waals surface area contributed by atoms with Crippen LogP contribution in [0.3, 0.4) is 0 Å². The molecule has 0 saturated heterocycles. The third-order valence-electron chi connectivity index (χ3n) is 11.5. The van der Waals surface area contributed by atoms with Gasteiger partial charge in [0.2, 0.25) is 0 Å². The number of likely N-dealkylation sites (N-methyl/N-ethyl adjacent to an activating group) is 2. The van der Waals surface area contributed by atoms with Gasteiger partial charge in [-0.1, -0.05) is 18.2 Å². The molecule has 6 bridgehead atoms. The van der Waals surface area contributed by atoms with Crippen molar-refractivity contribution in [2.75, 3.05) is 48.0 Å². The van der Waals surface area contributed by atoms with Crippen LogP contribution in [0.4, 0.5) is 0 Å². The quantitative estimate of drug-likeness (QED) is 0.110. The fraction of sp³-hybridized carbons (Fsp3) is 0.378. The van der Waals surface area contributed by atoms with Crippen molar-refractivity contribution in [3.05, 3.63) is 116 Å². The Kier molecular flexibility index (Phi) is 11.3. The molecule has 56 heavy (non-hydrogen) atoms. The van der Waals surface area contributed by atoms with Crippen LogP contribution in [0.2, 0.25) is 0 Å². The maximum atomic E-state index is 12.5. The second-order valence-electron chi connectivity index (χ2n) is 15.0. The van der Waals surface area contributed by atoms with Crippen LogP contribution in [0.5, 0.6) is 40.2 Å². The summed E-state index contributed by atoms with van der Waals surface area (Å²) < 4.78 is 32.1. The number of nitrogens with zero attached hydrogens (tertiary/aromatic N) is 3. The second kappa shape index (κ2) is 16.7. The van der Waals surface area contributed by atoms with Crippen LogP contribution in [0.25, 0.3) is 0 Å². The van der Waals surface area contributed by atoms with Crippen LogP contribution in [0, 0.1) is 0 Å². The predicted molar refractivity (Wildman–Crippen MR) is 216 cm³/mol. The van der Waals surface area contributed by atoms with E-state index < -0.39 is 0 Å². The predicted octanol–water partition coefficient (Wildman–Crippen LogP) is 8.53. The van der Waals surface area contributed by atoms with Crippen molar-refractivity contribution < 1.29 is 33.6 Å². The lowest BCUT2D eigenvalue weighted by Gasteiger charge is -2.37. The van der Waals surface area contributed by atoms with Crippen LogP contribution >= 0.6 is 11.3 Å². The highest BCUT2D eigenvalue weighted by Gasteiger charge is 2.34. The Morgan fingerprint density at radius 3 is 2.36 bits per heavy atom. The van der Waals surface area contributed by atoms with Crippen LogP contribution in [0.1, 0.15) is 80.0 Å².